The van der Waals surface area contributed by atoms with Gasteiger partial charge in [-0.1, -0.05) is 0 Å². The highest BCUT2D eigenvalue weighted by atomic mass is 32.2. The van der Waals surface area contributed by atoms with E-state index in [0.29, 0.717) is 6.04 Å². The lowest BCUT2D eigenvalue weighted by atomic mass is 10.2. The summed E-state index contributed by atoms with van der Waals surface area (Å²) in [5.41, 5.74) is 2.41. The van der Waals surface area contributed by atoms with Crippen molar-refractivity contribution in [3.05, 3.63) is 17.5 Å². The number of thioether (sulfide) groups is 1. The molecule has 0 spiro atoms. The van der Waals surface area contributed by atoms with E-state index in [-0.39, 0.29) is 0 Å². The molecule has 1 atom stereocenters. The first-order chi connectivity index (χ1) is 6.63. The summed E-state index contributed by atoms with van der Waals surface area (Å²) in [5, 5.41) is 7.79. The van der Waals surface area contributed by atoms with Crippen molar-refractivity contribution in [2.45, 2.75) is 26.4 Å². The van der Waals surface area contributed by atoms with Crippen LogP contribution in [0.3, 0.4) is 0 Å². The lowest BCUT2D eigenvalue weighted by Gasteiger charge is -2.11. The first-order valence-corrected chi connectivity index (χ1v) is 6.24. The van der Waals surface area contributed by atoms with Crippen molar-refractivity contribution in [3.63, 3.8) is 0 Å². The second-order valence-electron chi connectivity index (χ2n) is 3.65. The summed E-state index contributed by atoms with van der Waals surface area (Å²) in [5.74, 6) is 1.15. The third kappa shape index (κ3) is 3.35. The van der Waals surface area contributed by atoms with Crippen LogP contribution in [0.15, 0.2) is 6.20 Å². The van der Waals surface area contributed by atoms with Gasteiger partial charge in [0, 0.05) is 37.1 Å². The summed E-state index contributed by atoms with van der Waals surface area (Å²) >= 11 is 1.87. The molecule has 0 amide bonds. The maximum atomic E-state index is 4.31. The number of nitrogens with one attached hydrogen (secondary N) is 1. The largest absolute Gasteiger partial charge is 0.309 e. The Morgan fingerprint density at radius 1 is 1.64 bits per heavy atom. The zero-order chi connectivity index (χ0) is 10.6. The highest BCUT2D eigenvalue weighted by Crippen LogP contribution is 2.05. The quantitative estimate of drug-likeness (QED) is 0.805. The van der Waals surface area contributed by atoms with Crippen molar-refractivity contribution in [2.24, 2.45) is 7.05 Å². The van der Waals surface area contributed by atoms with Crippen LogP contribution in [0.5, 0.6) is 0 Å². The Bertz CT molecular complexity index is 283. The molecule has 1 aromatic heterocycles. The van der Waals surface area contributed by atoms with Crippen LogP contribution in [-0.4, -0.2) is 27.8 Å². The van der Waals surface area contributed by atoms with E-state index < -0.39 is 0 Å². The molecule has 0 aliphatic rings. The van der Waals surface area contributed by atoms with Gasteiger partial charge in [0.2, 0.25) is 0 Å². The molecule has 0 saturated carbocycles. The minimum Gasteiger partial charge on any atom is -0.309 e. The summed E-state index contributed by atoms with van der Waals surface area (Å²) in [6.45, 7) is 5.18. The molecule has 1 aromatic rings. The monoisotopic (exact) mass is 213 g/mol. The van der Waals surface area contributed by atoms with Gasteiger partial charge >= 0.3 is 0 Å². The molecule has 0 saturated heterocycles. The minimum atomic E-state index is 0.560. The lowest BCUT2D eigenvalue weighted by Crippen LogP contribution is -2.27. The maximum Gasteiger partial charge on any atom is 0.0638 e. The topological polar surface area (TPSA) is 29.9 Å². The zero-order valence-electron chi connectivity index (χ0n) is 9.37. The highest BCUT2D eigenvalue weighted by molar-refractivity contribution is 7.98. The van der Waals surface area contributed by atoms with Gasteiger partial charge in [-0.15, -0.1) is 0 Å². The van der Waals surface area contributed by atoms with E-state index in [9.17, 15) is 0 Å². The summed E-state index contributed by atoms with van der Waals surface area (Å²) in [4.78, 5) is 0. The molecule has 0 aromatic carbocycles. The molecule has 1 rings (SSSR count). The number of hydrogen-bond acceptors (Lipinski definition) is 3. The van der Waals surface area contributed by atoms with E-state index in [4.69, 9.17) is 0 Å². The average Bonchev–Trinajstić information content (AvgIpc) is 2.42. The van der Waals surface area contributed by atoms with Crippen LogP contribution in [0.1, 0.15) is 18.2 Å². The molecule has 0 fully saturated rings. The highest BCUT2D eigenvalue weighted by Gasteiger charge is 2.04. The van der Waals surface area contributed by atoms with Crippen molar-refractivity contribution in [3.8, 4) is 0 Å². The standard InChI is InChI=1S/C10H19N3S/c1-8(7-14-4)11-5-10-6-13(3)12-9(10)2/h6,8,11H,5,7H2,1-4H3. The van der Waals surface area contributed by atoms with Gasteiger partial charge in [-0.3, -0.25) is 4.68 Å². The van der Waals surface area contributed by atoms with Gasteiger partial charge in [0.25, 0.3) is 0 Å². The smallest absolute Gasteiger partial charge is 0.0638 e. The predicted molar refractivity (Wildman–Crippen MR) is 62.6 cm³/mol. The van der Waals surface area contributed by atoms with E-state index in [2.05, 4.69) is 36.7 Å². The second kappa shape index (κ2) is 5.41. The normalized spacial score (nSPS) is 13.1. The molecule has 0 bridgehead atoms. The molecule has 4 heteroatoms. The van der Waals surface area contributed by atoms with Crippen molar-refractivity contribution in [1.29, 1.82) is 0 Å². The fourth-order valence-electron chi connectivity index (χ4n) is 1.42. The van der Waals surface area contributed by atoms with Gasteiger partial charge in [0.1, 0.15) is 0 Å². The summed E-state index contributed by atoms with van der Waals surface area (Å²) < 4.78 is 1.87. The summed E-state index contributed by atoms with van der Waals surface area (Å²) in [6.07, 6.45) is 4.21. The minimum absolute atomic E-state index is 0.560. The number of hydrogen-bond donors (Lipinski definition) is 1. The van der Waals surface area contributed by atoms with Crippen LogP contribution >= 0.6 is 11.8 Å². The molecule has 80 valence electrons. The second-order valence-corrected chi connectivity index (χ2v) is 4.56. The number of rotatable bonds is 5. The van der Waals surface area contributed by atoms with Crippen molar-refractivity contribution >= 4 is 11.8 Å². The summed E-state index contributed by atoms with van der Waals surface area (Å²) in [6, 6.07) is 0.560. The average molecular weight is 213 g/mol. The van der Waals surface area contributed by atoms with Gasteiger partial charge in [-0.2, -0.15) is 16.9 Å². The van der Waals surface area contributed by atoms with Gasteiger partial charge in [0.15, 0.2) is 0 Å². The fraction of sp³-hybridized carbons (Fsp3) is 0.700. The molecule has 3 nitrogen and oxygen atoms in total. The van der Waals surface area contributed by atoms with Gasteiger partial charge in [-0.05, 0) is 20.1 Å². The van der Waals surface area contributed by atoms with Gasteiger partial charge in [0.05, 0.1) is 5.69 Å². The van der Waals surface area contributed by atoms with Crippen LogP contribution in [-0.2, 0) is 13.6 Å². The van der Waals surface area contributed by atoms with Crippen molar-refractivity contribution < 1.29 is 0 Å². The van der Waals surface area contributed by atoms with Gasteiger partial charge in [-0.25, -0.2) is 0 Å². The Balaban J connectivity index is 2.41. The van der Waals surface area contributed by atoms with Crippen LogP contribution < -0.4 is 5.32 Å². The number of aromatic nitrogens is 2. The lowest BCUT2D eigenvalue weighted by molar-refractivity contribution is 0.594. The Hall–Kier alpha value is -0.480. The van der Waals surface area contributed by atoms with E-state index in [1.165, 1.54) is 5.56 Å². The molecular weight excluding hydrogens is 194 g/mol. The van der Waals surface area contributed by atoms with E-state index in [0.717, 1.165) is 18.0 Å². The third-order valence-electron chi connectivity index (χ3n) is 2.17. The molecule has 1 unspecified atom stereocenters. The molecule has 1 heterocycles. The fourth-order valence-corrected chi connectivity index (χ4v) is 2.03. The molecule has 0 aliphatic heterocycles. The van der Waals surface area contributed by atoms with Crippen LogP contribution in [0.25, 0.3) is 0 Å². The van der Waals surface area contributed by atoms with Crippen LogP contribution in [0, 0.1) is 6.92 Å². The Morgan fingerprint density at radius 2 is 2.36 bits per heavy atom. The van der Waals surface area contributed by atoms with Crippen LogP contribution in [0.4, 0.5) is 0 Å². The zero-order valence-corrected chi connectivity index (χ0v) is 10.2. The molecule has 1 N–H and O–H groups in total. The SMILES string of the molecule is CSCC(C)NCc1cn(C)nc1C. The first-order valence-electron chi connectivity index (χ1n) is 4.85. The van der Waals surface area contributed by atoms with Crippen LogP contribution in [0.2, 0.25) is 0 Å². The van der Waals surface area contributed by atoms with E-state index >= 15 is 0 Å². The van der Waals surface area contributed by atoms with Crippen molar-refractivity contribution in [2.75, 3.05) is 12.0 Å². The summed E-state index contributed by atoms with van der Waals surface area (Å²) in [7, 11) is 1.96. The Kier molecular flexibility index (Phi) is 4.48. The molecule has 14 heavy (non-hydrogen) atoms. The maximum absolute atomic E-state index is 4.31. The van der Waals surface area contributed by atoms with E-state index in [1.807, 2.05) is 23.5 Å². The number of aryl methyl sites for hydroxylation is 2. The molecule has 0 radical (unpaired) electrons. The third-order valence-corrected chi connectivity index (χ3v) is 3.01. The van der Waals surface area contributed by atoms with Crippen molar-refractivity contribution in [1.82, 2.24) is 15.1 Å². The molecular formula is C10H19N3S. The molecule has 0 aliphatic carbocycles. The van der Waals surface area contributed by atoms with E-state index in [1.54, 1.807) is 0 Å². The Labute approximate surface area is 90.3 Å². The predicted octanol–water partition coefficient (Wildman–Crippen LogP) is 1.57. The Morgan fingerprint density at radius 3 is 2.86 bits per heavy atom. The first kappa shape index (κ1) is 11.6. The number of nitrogens with zero attached hydrogens (tertiary/aromatic N) is 2. The van der Waals surface area contributed by atoms with Gasteiger partial charge < -0.3 is 5.32 Å².